The summed E-state index contributed by atoms with van der Waals surface area (Å²) < 4.78 is 0. The second-order valence-corrected chi connectivity index (χ2v) is 4.67. The monoisotopic (exact) mass is 297 g/mol. The van der Waals surface area contributed by atoms with Gasteiger partial charge >= 0.3 is 0 Å². The molecule has 2 heterocycles. The molecule has 2 aromatic rings. The van der Waals surface area contributed by atoms with Crippen LogP contribution in [0.5, 0.6) is 0 Å². The standard InChI is InChI=1S/C12H15N5O2.ClH/c18-11-3-4-13-6-10(11)14-12(19)7-1-2-8-9(5-7)16-17-15-8;/h1-2,5,10-11,13,18H,3-4,6H2,(H,14,19)(H,15,16,17);1H/t10-,11+;/m0./s1. The topological polar surface area (TPSA) is 103 Å². The molecule has 0 radical (unpaired) electrons. The van der Waals surface area contributed by atoms with Gasteiger partial charge in [0.1, 0.15) is 11.0 Å². The number of nitrogens with zero attached hydrogens (tertiary/aromatic N) is 2. The Balaban J connectivity index is 0.00000147. The fourth-order valence-corrected chi connectivity index (χ4v) is 2.23. The first kappa shape index (κ1) is 14.7. The molecule has 4 N–H and O–H groups in total. The van der Waals surface area contributed by atoms with Gasteiger partial charge in [-0.3, -0.25) is 4.79 Å². The summed E-state index contributed by atoms with van der Waals surface area (Å²) >= 11 is 0. The van der Waals surface area contributed by atoms with Crippen molar-refractivity contribution in [2.24, 2.45) is 0 Å². The van der Waals surface area contributed by atoms with Crippen LogP contribution in [0, 0.1) is 0 Å². The molecular formula is C12H16ClN5O2. The minimum atomic E-state index is -0.499. The van der Waals surface area contributed by atoms with E-state index in [2.05, 4.69) is 26.0 Å². The minimum Gasteiger partial charge on any atom is -0.391 e. The number of carbonyl (C=O) groups is 1. The molecule has 0 bridgehead atoms. The van der Waals surface area contributed by atoms with Crippen LogP contribution in [0.3, 0.4) is 0 Å². The second kappa shape index (κ2) is 6.17. The van der Waals surface area contributed by atoms with E-state index in [0.717, 1.165) is 12.1 Å². The van der Waals surface area contributed by atoms with Crippen molar-refractivity contribution in [1.82, 2.24) is 26.0 Å². The lowest BCUT2D eigenvalue weighted by molar-refractivity contribution is 0.0755. The molecule has 8 heteroatoms. The normalized spacial score (nSPS) is 22.2. The molecule has 2 atom stereocenters. The zero-order valence-electron chi connectivity index (χ0n) is 10.7. The third kappa shape index (κ3) is 2.90. The average Bonchev–Trinajstić information content (AvgIpc) is 2.88. The third-order valence-corrected chi connectivity index (χ3v) is 3.34. The number of aliphatic hydroxyl groups is 1. The number of fused-ring (bicyclic) bond motifs is 1. The maximum absolute atomic E-state index is 12.1. The third-order valence-electron chi connectivity index (χ3n) is 3.34. The van der Waals surface area contributed by atoms with Gasteiger partial charge in [0.05, 0.1) is 12.1 Å². The van der Waals surface area contributed by atoms with Crippen molar-refractivity contribution in [3.8, 4) is 0 Å². The van der Waals surface area contributed by atoms with Crippen LogP contribution in [0.15, 0.2) is 18.2 Å². The molecule has 3 rings (SSSR count). The Kier molecular flexibility index (Phi) is 4.53. The Morgan fingerprint density at radius 1 is 1.35 bits per heavy atom. The summed E-state index contributed by atoms with van der Waals surface area (Å²) in [5.74, 6) is -0.211. The molecule has 1 aliphatic rings. The van der Waals surface area contributed by atoms with Crippen LogP contribution in [0.2, 0.25) is 0 Å². The van der Waals surface area contributed by atoms with Crippen molar-refractivity contribution in [2.75, 3.05) is 13.1 Å². The number of amides is 1. The molecule has 108 valence electrons. The Hall–Kier alpha value is -1.70. The van der Waals surface area contributed by atoms with Gasteiger partial charge < -0.3 is 15.7 Å². The van der Waals surface area contributed by atoms with Crippen molar-refractivity contribution in [3.63, 3.8) is 0 Å². The summed E-state index contributed by atoms with van der Waals surface area (Å²) in [5.41, 5.74) is 1.88. The maximum Gasteiger partial charge on any atom is 0.251 e. The summed E-state index contributed by atoms with van der Waals surface area (Å²) in [6, 6.07) is 4.86. The van der Waals surface area contributed by atoms with Crippen LogP contribution in [0.25, 0.3) is 11.0 Å². The number of hydrogen-bond donors (Lipinski definition) is 4. The van der Waals surface area contributed by atoms with Crippen LogP contribution < -0.4 is 10.6 Å². The first-order chi connectivity index (χ1) is 9.24. The van der Waals surface area contributed by atoms with Crippen molar-refractivity contribution in [2.45, 2.75) is 18.6 Å². The van der Waals surface area contributed by atoms with Crippen LogP contribution in [-0.2, 0) is 0 Å². The predicted octanol–water partition coefficient (Wildman–Crippen LogP) is -0.168. The van der Waals surface area contributed by atoms with Gasteiger partial charge in [-0.25, -0.2) is 0 Å². The number of aliphatic hydroxyl groups excluding tert-OH is 1. The fourth-order valence-electron chi connectivity index (χ4n) is 2.23. The van der Waals surface area contributed by atoms with E-state index >= 15 is 0 Å². The molecule has 0 saturated carbocycles. The Labute approximate surface area is 121 Å². The number of rotatable bonds is 2. The highest BCUT2D eigenvalue weighted by molar-refractivity contribution is 5.97. The number of carbonyl (C=O) groups excluding carboxylic acids is 1. The van der Waals surface area contributed by atoms with Gasteiger partial charge in [-0.2, -0.15) is 15.4 Å². The van der Waals surface area contributed by atoms with Gasteiger partial charge in [0.2, 0.25) is 0 Å². The zero-order chi connectivity index (χ0) is 13.2. The van der Waals surface area contributed by atoms with Crippen LogP contribution in [0.4, 0.5) is 0 Å². The molecule has 20 heavy (non-hydrogen) atoms. The minimum absolute atomic E-state index is 0. The highest BCUT2D eigenvalue weighted by atomic mass is 35.5. The summed E-state index contributed by atoms with van der Waals surface area (Å²) in [6.45, 7) is 1.36. The lowest BCUT2D eigenvalue weighted by Gasteiger charge is -2.29. The quantitative estimate of drug-likeness (QED) is 0.616. The summed E-state index contributed by atoms with van der Waals surface area (Å²) in [4.78, 5) is 12.1. The summed E-state index contributed by atoms with van der Waals surface area (Å²) in [6.07, 6.45) is 0.147. The van der Waals surface area contributed by atoms with Crippen molar-refractivity contribution < 1.29 is 9.90 Å². The molecule has 7 nitrogen and oxygen atoms in total. The lowest BCUT2D eigenvalue weighted by Crippen LogP contribution is -2.53. The number of piperidine rings is 1. The van der Waals surface area contributed by atoms with E-state index in [1.807, 2.05) is 0 Å². The fraction of sp³-hybridized carbons (Fsp3) is 0.417. The summed E-state index contributed by atoms with van der Waals surface area (Å²) in [5, 5.41) is 26.2. The number of halogens is 1. The molecule has 1 amide bonds. The van der Waals surface area contributed by atoms with Gasteiger partial charge in [0.25, 0.3) is 5.91 Å². The largest absolute Gasteiger partial charge is 0.391 e. The number of benzene rings is 1. The molecule has 0 spiro atoms. The van der Waals surface area contributed by atoms with E-state index in [1.165, 1.54) is 0 Å². The molecule has 1 aliphatic heterocycles. The number of hydrogen-bond acceptors (Lipinski definition) is 5. The number of nitrogens with one attached hydrogen (secondary N) is 3. The number of H-pyrrole nitrogens is 1. The van der Waals surface area contributed by atoms with E-state index in [4.69, 9.17) is 0 Å². The first-order valence-corrected chi connectivity index (χ1v) is 6.24. The van der Waals surface area contributed by atoms with E-state index in [0.29, 0.717) is 24.0 Å². The SMILES string of the molecule is Cl.O=C(N[C@H]1CNCC[C@H]1O)c1ccc2n[nH]nc2c1. The first-order valence-electron chi connectivity index (χ1n) is 6.24. The molecule has 0 aliphatic carbocycles. The second-order valence-electron chi connectivity index (χ2n) is 4.67. The van der Waals surface area contributed by atoms with Crippen LogP contribution >= 0.6 is 12.4 Å². The number of aromatic amines is 1. The predicted molar refractivity (Wildman–Crippen MR) is 75.9 cm³/mol. The van der Waals surface area contributed by atoms with E-state index < -0.39 is 6.10 Å². The zero-order valence-corrected chi connectivity index (χ0v) is 11.5. The van der Waals surface area contributed by atoms with Gasteiger partial charge in [-0.05, 0) is 31.2 Å². The molecular weight excluding hydrogens is 282 g/mol. The Morgan fingerprint density at radius 2 is 2.15 bits per heavy atom. The van der Waals surface area contributed by atoms with E-state index in [9.17, 15) is 9.90 Å². The smallest absolute Gasteiger partial charge is 0.251 e. The molecule has 1 fully saturated rings. The van der Waals surface area contributed by atoms with E-state index in [-0.39, 0.29) is 24.4 Å². The molecule has 1 aromatic carbocycles. The highest BCUT2D eigenvalue weighted by Gasteiger charge is 2.24. The highest BCUT2D eigenvalue weighted by Crippen LogP contribution is 2.11. The maximum atomic E-state index is 12.1. The van der Waals surface area contributed by atoms with Gasteiger partial charge in [0, 0.05) is 12.1 Å². The van der Waals surface area contributed by atoms with Gasteiger partial charge in [-0.1, -0.05) is 0 Å². The average molecular weight is 298 g/mol. The van der Waals surface area contributed by atoms with Crippen LogP contribution in [-0.4, -0.2) is 51.7 Å². The van der Waals surface area contributed by atoms with E-state index in [1.54, 1.807) is 18.2 Å². The summed E-state index contributed by atoms with van der Waals surface area (Å²) in [7, 11) is 0. The molecule has 1 saturated heterocycles. The van der Waals surface area contributed by atoms with Gasteiger partial charge in [0.15, 0.2) is 0 Å². The number of aromatic nitrogens is 3. The Bertz CT molecular complexity index is 602. The molecule has 1 aromatic heterocycles. The van der Waals surface area contributed by atoms with Crippen LogP contribution in [0.1, 0.15) is 16.8 Å². The van der Waals surface area contributed by atoms with Crippen molar-refractivity contribution in [1.29, 1.82) is 0 Å². The molecule has 0 unspecified atom stereocenters. The Morgan fingerprint density at radius 3 is 2.95 bits per heavy atom. The lowest BCUT2D eigenvalue weighted by atomic mass is 10.0. The van der Waals surface area contributed by atoms with Crippen molar-refractivity contribution >= 4 is 29.3 Å². The van der Waals surface area contributed by atoms with Gasteiger partial charge in [-0.15, -0.1) is 12.4 Å². The van der Waals surface area contributed by atoms with Crippen molar-refractivity contribution in [3.05, 3.63) is 23.8 Å².